The third kappa shape index (κ3) is 2.68. The van der Waals surface area contributed by atoms with Crippen LogP contribution >= 0.6 is 0 Å². The van der Waals surface area contributed by atoms with Crippen LogP contribution in [-0.2, 0) is 23.7 Å². The number of nitrogens with zero attached hydrogens (tertiary/aromatic N) is 1. The van der Waals surface area contributed by atoms with Gasteiger partial charge in [-0.05, 0) is 27.7 Å². The summed E-state index contributed by atoms with van der Waals surface area (Å²) < 4.78 is 29.9. The van der Waals surface area contributed by atoms with Crippen LogP contribution in [0.3, 0.4) is 0 Å². The maximum absolute atomic E-state index is 12.0. The molecule has 0 unspecified atom stereocenters. The van der Waals surface area contributed by atoms with Crippen molar-refractivity contribution in [3.8, 4) is 0 Å². The van der Waals surface area contributed by atoms with Crippen LogP contribution in [0.25, 0.3) is 0 Å². The molecular formula is C14H23NO6. The highest BCUT2D eigenvalue weighted by Gasteiger charge is 2.62. The maximum Gasteiger partial charge on any atom is 0.297 e. The Bertz CT molecular complexity index is 449. The zero-order valence-corrected chi connectivity index (χ0v) is 13.1. The highest BCUT2D eigenvalue weighted by Crippen LogP contribution is 2.42. The van der Waals surface area contributed by atoms with Crippen molar-refractivity contribution in [2.24, 2.45) is 0 Å². The van der Waals surface area contributed by atoms with E-state index in [0.717, 1.165) is 4.74 Å². The summed E-state index contributed by atoms with van der Waals surface area (Å²) in [5.74, 6) is -1.39. The van der Waals surface area contributed by atoms with E-state index in [1.807, 2.05) is 27.7 Å². The van der Waals surface area contributed by atoms with Gasteiger partial charge in [0.2, 0.25) is 0 Å². The first-order valence-electron chi connectivity index (χ1n) is 7.30. The average molecular weight is 301 g/mol. The summed E-state index contributed by atoms with van der Waals surface area (Å²) in [4.78, 5) is 0. The molecule has 3 rings (SSSR count). The van der Waals surface area contributed by atoms with Crippen molar-refractivity contribution in [2.75, 3.05) is 6.61 Å². The Balaban J connectivity index is 1.82. The summed E-state index contributed by atoms with van der Waals surface area (Å²) in [6, 6.07) is 0. The molecule has 7 heteroatoms. The minimum absolute atomic E-state index is 0.278. The fourth-order valence-corrected chi connectivity index (χ4v) is 3.14. The number of fused-ring (bicyclic) bond motifs is 1. The smallest absolute Gasteiger partial charge is 0.297 e. The molecule has 0 saturated carbocycles. The average Bonchev–Trinajstić information content (AvgIpc) is 2.98. The molecule has 3 heterocycles. The van der Waals surface area contributed by atoms with Gasteiger partial charge >= 0.3 is 0 Å². The van der Waals surface area contributed by atoms with E-state index in [2.05, 4.69) is 0 Å². The van der Waals surface area contributed by atoms with E-state index in [-0.39, 0.29) is 18.3 Å². The Morgan fingerprint density at radius 1 is 1.00 bits per heavy atom. The van der Waals surface area contributed by atoms with E-state index in [1.165, 1.54) is 6.21 Å². The molecule has 0 spiro atoms. The minimum atomic E-state index is -0.737. The van der Waals surface area contributed by atoms with Crippen LogP contribution < -0.4 is 0 Å². The van der Waals surface area contributed by atoms with Crippen LogP contribution in [0, 0.1) is 5.21 Å². The van der Waals surface area contributed by atoms with E-state index in [1.54, 1.807) is 6.92 Å². The lowest BCUT2D eigenvalue weighted by atomic mass is 10.1. The Morgan fingerprint density at radius 2 is 1.67 bits per heavy atom. The van der Waals surface area contributed by atoms with Crippen LogP contribution in [0.2, 0.25) is 0 Å². The molecule has 0 N–H and O–H groups in total. The fraction of sp³-hybridized carbons (Fsp3) is 0.929. The van der Waals surface area contributed by atoms with Gasteiger partial charge in [-0.25, -0.2) is 0 Å². The SMILES string of the molecule is C/C=[N+](\[O-])[C@H]1O[C@H]([C@H]2COC(C)(C)O2)[C@@H]2OC(C)(C)O[C@@H]21. The molecule has 120 valence electrons. The van der Waals surface area contributed by atoms with Gasteiger partial charge in [0.1, 0.15) is 18.3 Å². The summed E-state index contributed by atoms with van der Waals surface area (Å²) in [5.41, 5.74) is 0. The van der Waals surface area contributed by atoms with Gasteiger partial charge in [0.15, 0.2) is 23.9 Å². The van der Waals surface area contributed by atoms with Crippen LogP contribution in [0.1, 0.15) is 34.6 Å². The number of ether oxygens (including phenoxy) is 5. The first-order valence-corrected chi connectivity index (χ1v) is 7.30. The van der Waals surface area contributed by atoms with E-state index < -0.39 is 23.9 Å². The third-order valence-electron chi connectivity index (χ3n) is 3.97. The molecule has 0 amide bonds. The lowest BCUT2D eigenvalue weighted by molar-refractivity contribution is -0.562. The van der Waals surface area contributed by atoms with Crippen molar-refractivity contribution in [1.82, 2.24) is 0 Å². The van der Waals surface area contributed by atoms with Crippen molar-refractivity contribution >= 4 is 6.21 Å². The summed E-state index contributed by atoms with van der Waals surface area (Å²) in [5, 5.41) is 12.0. The second kappa shape index (κ2) is 4.89. The first-order chi connectivity index (χ1) is 9.72. The fourth-order valence-electron chi connectivity index (χ4n) is 3.14. The van der Waals surface area contributed by atoms with Gasteiger partial charge in [-0.3, -0.25) is 0 Å². The van der Waals surface area contributed by atoms with Crippen molar-refractivity contribution in [1.29, 1.82) is 0 Å². The lowest BCUT2D eigenvalue weighted by Crippen LogP contribution is -2.40. The number of hydrogen-bond donors (Lipinski definition) is 0. The zero-order chi connectivity index (χ0) is 15.4. The predicted molar refractivity (Wildman–Crippen MR) is 72.8 cm³/mol. The van der Waals surface area contributed by atoms with Gasteiger partial charge < -0.3 is 28.9 Å². The van der Waals surface area contributed by atoms with Crippen molar-refractivity contribution in [2.45, 2.75) is 76.8 Å². The van der Waals surface area contributed by atoms with E-state index in [0.29, 0.717) is 6.61 Å². The van der Waals surface area contributed by atoms with Crippen LogP contribution in [0.15, 0.2) is 0 Å². The largest absolute Gasteiger partial charge is 0.622 e. The summed E-state index contributed by atoms with van der Waals surface area (Å²) in [7, 11) is 0. The van der Waals surface area contributed by atoms with Crippen molar-refractivity contribution in [3.05, 3.63) is 5.21 Å². The molecule has 0 aromatic carbocycles. The second-order valence-corrected chi connectivity index (χ2v) is 6.54. The maximum atomic E-state index is 12.0. The van der Waals surface area contributed by atoms with Crippen molar-refractivity contribution in [3.63, 3.8) is 0 Å². The van der Waals surface area contributed by atoms with E-state index in [9.17, 15) is 5.21 Å². The van der Waals surface area contributed by atoms with Gasteiger partial charge in [-0.15, -0.1) is 0 Å². The molecule has 3 aliphatic heterocycles. The molecule has 21 heavy (non-hydrogen) atoms. The molecule has 0 radical (unpaired) electrons. The molecule has 0 aromatic rings. The molecule has 5 atom stereocenters. The second-order valence-electron chi connectivity index (χ2n) is 6.54. The Morgan fingerprint density at radius 3 is 2.24 bits per heavy atom. The quantitative estimate of drug-likeness (QED) is 0.328. The van der Waals surface area contributed by atoms with E-state index in [4.69, 9.17) is 23.7 Å². The summed E-state index contributed by atoms with van der Waals surface area (Å²) in [6.45, 7) is 9.45. The molecule has 3 aliphatic rings. The Kier molecular flexibility index (Phi) is 3.53. The molecule has 0 aromatic heterocycles. The van der Waals surface area contributed by atoms with Gasteiger partial charge in [0, 0.05) is 6.92 Å². The van der Waals surface area contributed by atoms with Gasteiger partial charge in [0.25, 0.3) is 6.23 Å². The number of rotatable bonds is 2. The normalized spacial score (nSPS) is 45.0. The van der Waals surface area contributed by atoms with Crippen molar-refractivity contribution < 1.29 is 28.4 Å². The Labute approximate surface area is 124 Å². The summed E-state index contributed by atoms with van der Waals surface area (Å²) in [6.07, 6.45) is -0.747. The topological polar surface area (TPSA) is 72.2 Å². The van der Waals surface area contributed by atoms with Crippen LogP contribution in [0.5, 0.6) is 0 Å². The molecule has 0 bridgehead atoms. The first kappa shape index (κ1) is 15.2. The predicted octanol–water partition coefficient (Wildman–Crippen LogP) is 0.984. The monoisotopic (exact) mass is 301 g/mol. The lowest BCUT2D eigenvalue weighted by Gasteiger charge is -2.26. The van der Waals surface area contributed by atoms with Crippen LogP contribution in [0.4, 0.5) is 0 Å². The highest BCUT2D eigenvalue weighted by atomic mass is 16.8. The number of hydrogen-bond acceptors (Lipinski definition) is 6. The van der Waals surface area contributed by atoms with Gasteiger partial charge in [0.05, 0.1) is 6.61 Å². The highest BCUT2D eigenvalue weighted by molar-refractivity contribution is 5.47. The molecule has 0 aliphatic carbocycles. The van der Waals surface area contributed by atoms with Crippen LogP contribution in [-0.4, -0.2) is 59.8 Å². The minimum Gasteiger partial charge on any atom is -0.622 e. The van der Waals surface area contributed by atoms with E-state index >= 15 is 0 Å². The molecular weight excluding hydrogens is 278 g/mol. The standard InChI is InChI=1S/C14H23NO6/c1-6-15(16)12-11-10(20-14(4,5)21-11)9(18-12)8-7-17-13(2,3)19-8/h6,8-12H,7H2,1-5H3/b15-6-/t8-,9-,10+,11+,12+/m1/s1. The molecule has 3 fully saturated rings. The summed E-state index contributed by atoms with van der Waals surface area (Å²) >= 11 is 0. The third-order valence-corrected chi connectivity index (χ3v) is 3.97. The van der Waals surface area contributed by atoms with Gasteiger partial charge in [-0.1, -0.05) is 0 Å². The van der Waals surface area contributed by atoms with Gasteiger partial charge in [-0.2, -0.15) is 4.74 Å². The molecule has 3 saturated heterocycles. The zero-order valence-electron chi connectivity index (χ0n) is 13.1. The number of hydroxylamine groups is 1. The Hall–Kier alpha value is -0.730. The molecule has 7 nitrogen and oxygen atoms in total.